The van der Waals surface area contributed by atoms with Crippen molar-refractivity contribution in [1.29, 1.82) is 0 Å². The molecule has 7 nitrogen and oxygen atoms in total. The number of benzene rings is 3. The molecule has 0 saturated carbocycles. The van der Waals surface area contributed by atoms with Crippen molar-refractivity contribution in [2.24, 2.45) is 7.05 Å². The summed E-state index contributed by atoms with van der Waals surface area (Å²) in [5.74, 6) is -1.03. The van der Waals surface area contributed by atoms with Crippen LogP contribution in [-0.4, -0.2) is 40.6 Å². The second-order valence-electron chi connectivity index (χ2n) is 7.75. The number of hydrogen-bond acceptors (Lipinski definition) is 5. The van der Waals surface area contributed by atoms with Gasteiger partial charge in [-0.05, 0) is 18.2 Å². The minimum absolute atomic E-state index is 0.258. The molecule has 7 heteroatoms. The highest BCUT2D eigenvalue weighted by atomic mass is 16.5. The fraction of sp³-hybridized carbons (Fsp3) is 0.120. The van der Waals surface area contributed by atoms with Crippen LogP contribution in [0.3, 0.4) is 0 Å². The van der Waals surface area contributed by atoms with E-state index in [4.69, 9.17) is 4.74 Å². The molecule has 2 amide bonds. The monoisotopic (exact) mass is 426 g/mol. The third kappa shape index (κ3) is 2.54. The summed E-state index contributed by atoms with van der Waals surface area (Å²) >= 11 is 0. The van der Waals surface area contributed by atoms with Crippen LogP contribution in [0.1, 0.15) is 38.0 Å². The predicted octanol–water partition coefficient (Wildman–Crippen LogP) is 3.96. The number of hydrogen-bond donors (Lipinski definition) is 0. The van der Waals surface area contributed by atoms with Crippen molar-refractivity contribution in [2.75, 3.05) is 7.05 Å². The smallest absolute Gasteiger partial charge is 0.308 e. The summed E-state index contributed by atoms with van der Waals surface area (Å²) in [7, 11) is 3.26. The third-order valence-electron chi connectivity index (χ3n) is 5.93. The van der Waals surface area contributed by atoms with E-state index in [-0.39, 0.29) is 11.1 Å². The second-order valence-corrected chi connectivity index (χ2v) is 7.75. The van der Waals surface area contributed by atoms with Crippen LogP contribution in [0.4, 0.5) is 0 Å². The first-order chi connectivity index (χ1) is 15.3. The Morgan fingerprint density at radius 2 is 1.66 bits per heavy atom. The molecule has 1 aromatic heterocycles. The molecule has 3 aromatic carbocycles. The van der Waals surface area contributed by atoms with Gasteiger partial charge in [0.1, 0.15) is 5.75 Å². The number of nitrogens with zero attached hydrogens (tertiary/aromatic N) is 2. The minimum atomic E-state index is -0.491. The van der Waals surface area contributed by atoms with Gasteiger partial charge in [-0.15, -0.1) is 0 Å². The lowest BCUT2D eigenvalue weighted by molar-refractivity contribution is -0.131. The number of rotatable bonds is 3. The molecule has 1 aliphatic heterocycles. The largest absolute Gasteiger partial charge is 0.426 e. The second kappa shape index (κ2) is 6.88. The van der Waals surface area contributed by atoms with E-state index in [0.717, 1.165) is 16.6 Å². The van der Waals surface area contributed by atoms with Crippen molar-refractivity contribution in [3.05, 3.63) is 65.2 Å². The van der Waals surface area contributed by atoms with Gasteiger partial charge in [0.05, 0.1) is 22.2 Å². The molecule has 158 valence electrons. The summed E-state index contributed by atoms with van der Waals surface area (Å²) in [5, 5.41) is 1.34. The van der Waals surface area contributed by atoms with Crippen LogP contribution in [0, 0.1) is 0 Å². The van der Waals surface area contributed by atoms with E-state index in [1.54, 1.807) is 36.4 Å². The lowest BCUT2D eigenvalue weighted by atomic mass is 9.92. The Morgan fingerprint density at radius 1 is 0.938 bits per heavy atom. The van der Waals surface area contributed by atoms with E-state index in [9.17, 15) is 19.2 Å². The maximum absolute atomic E-state index is 13.2. The Labute approximate surface area is 182 Å². The zero-order chi connectivity index (χ0) is 22.7. The first kappa shape index (κ1) is 19.7. The number of aromatic nitrogens is 1. The first-order valence-corrected chi connectivity index (χ1v) is 9.98. The summed E-state index contributed by atoms with van der Waals surface area (Å²) in [6, 6.07) is 14.0. The van der Waals surface area contributed by atoms with Crippen LogP contribution in [-0.2, 0) is 11.8 Å². The number of carbonyl (C=O) groups is 4. The molecule has 0 saturated heterocycles. The molecule has 0 bridgehead atoms. The third-order valence-corrected chi connectivity index (χ3v) is 5.93. The highest BCUT2D eigenvalue weighted by Gasteiger charge is 2.39. The molecule has 0 spiro atoms. The van der Waals surface area contributed by atoms with Gasteiger partial charge in [-0.25, -0.2) is 0 Å². The number of imide groups is 1. The van der Waals surface area contributed by atoms with Crippen LogP contribution >= 0.6 is 0 Å². The summed E-state index contributed by atoms with van der Waals surface area (Å²) in [6.45, 7) is 1.30. The van der Waals surface area contributed by atoms with Crippen molar-refractivity contribution < 1.29 is 23.9 Å². The number of carbonyl (C=O) groups excluding carboxylic acids is 4. The molecule has 4 aromatic rings. The highest BCUT2D eigenvalue weighted by Crippen LogP contribution is 2.44. The summed E-state index contributed by atoms with van der Waals surface area (Å²) in [4.78, 5) is 50.8. The van der Waals surface area contributed by atoms with Crippen LogP contribution in [0.15, 0.2) is 48.5 Å². The number of para-hydroxylation sites is 2. The molecular weight excluding hydrogens is 408 g/mol. The maximum atomic E-state index is 13.2. The van der Waals surface area contributed by atoms with Gasteiger partial charge in [0, 0.05) is 48.5 Å². The van der Waals surface area contributed by atoms with Gasteiger partial charge in [0.25, 0.3) is 11.8 Å². The van der Waals surface area contributed by atoms with Crippen LogP contribution in [0.5, 0.6) is 5.75 Å². The van der Waals surface area contributed by atoms with Crippen LogP contribution in [0.2, 0.25) is 0 Å². The standard InChI is InChI=1S/C25H18N2O5/c1-13(29)32-19-10-5-4-8-15(19)17-11-18-20(22-21(17)24(30)27(3)25(22)31)16-9-6-7-14(12-28)23(16)26(18)2/h4-12H,1-3H3. The molecule has 0 fully saturated rings. The van der Waals surface area contributed by atoms with Gasteiger partial charge in [-0.1, -0.05) is 30.3 Å². The van der Waals surface area contributed by atoms with E-state index in [1.165, 1.54) is 14.0 Å². The summed E-state index contributed by atoms with van der Waals surface area (Å²) < 4.78 is 7.23. The van der Waals surface area contributed by atoms with E-state index >= 15 is 0 Å². The number of aryl methyl sites for hydroxylation is 1. The molecule has 0 unspecified atom stereocenters. The number of amides is 2. The molecular formula is C25H18N2O5. The lowest BCUT2D eigenvalue weighted by Crippen LogP contribution is -2.24. The van der Waals surface area contributed by atoms with E-state index in [1.807, 2.05) is 23.7 Å². The zero-order valence-electron chi connectivity index (χ0n) is 17.6. The fourth-order valence-electron chi connectivity index (χ4n) is 4.57. The Bertz CT molecular complexity index is 1510. The zero-order valence-corrected chi connectivity index (χ0v) is 17.6. The van der Waals surface area contributed by atoms with Gasteiger partial charge >= 0.3 is 5.97 Å². The topological polar surface area (TPSA) is 85.7 Å². The van der Waals surface area contributed by atoms with E-state index < -0.39 is 17.8 Å². The molecule has 0 aliphatic carbocycles. The van der Waals surface area contributed by atoms with Gasteiger partial charge in [0.2, 0.25) is 0 Å². The van der Waals surface area contributed by atoms with Gasteiger partial charge in [0.15, 0.2) is 6.29 Å². The van der Waals surface area contributed by atoms with Crippen molar-refractivity contribution in [3.8, 4) is 16.9 Å². The Morgan fingerprint density at radius 3 is 2.38 bits per heavy atom. The van der Waals surface area contributed by atoms with E-state index in [2.05, 4.69) is 0 Å². The van der Waals surface area contributed by atoms with Gasteiger partial charge < -0.3 is 9.30 Å². The Kier molecular flexibility index (Phi) is 4.23. The number of aldehydes is 1. The lowest BCUT2D eigenvalue weighted by Gasteiger charge is -2.13. The van der Waals surface area contributed by atoms with Crippen LogP contribution in [0.25, 0.3) is 32.9 Å². The molecule has 2 heterocycles. The molecule has 0 atom stereocenters. The molecule has 0 N–H and O–H groups in total. The number of ether oxygens (including phenoxy) is 1. The van der Waals surface area contributed by atoms with Gasteiger partial charge in [-0.3, -0.25) is 24.1 Å². The number of fused-ring (bicyclic) bond motifs is 5. The van der Waals surface area contributed by atoms with Crippen molar-refractivity contribution >= 4 is 45.9 Å². The highest BCUT2D eigenvalue weighted by molar-refractivity contribution is 6.32. The predicted molar refractivity (Wildman–Crippen MR) is 119 cm³/mol. The SMILES string of the molecule is CC(=O)Oc1ccccc1-c1cc2c(c3c1C(=O)N(C)C3=O)c1cccc(C=O)c1n2C. The van der Waals surface area contributed by atoms with Gasteiger partial charge in [-0.2, -0.15) is 0 Å². The Hall–Kier alpha value is -4.26. The van der Waals surface area contributed by atoms with Crippen molar-refractivity contribution in [3.63, 3.8) is 0 Å². The van der Waals surface area contributed by atoms with Crippen molar-refractivity contribution in [2.45, 2.75) is 6.92 Å². The fourth-order valence-corrected chi connectivity index (χ4v) is 4.57. The van der Waals surface area contributed by atoms with Crippen molar-refractivity contribution in [1.82, 2.24) is 9.47 Å². The normalized spacial score (nSPS) is 13.2. The minimum Gasteiger partial charge on any atom is -0.426 e. The maximum Gasteiger partial charge on any atom is 0.308 e. The average molecular weight is 426 g/mol. The average Bonchev–Trinajstić information content (AvgIpc) is 3.20. The molecule has 0 radical (unpaired) electrons. The number of esters is 1. The molecule has 1 aliphatic rings. The quantitative estimate of drug-likeness (QED) is 0.214. The molecule has 32 heavy (non-hydrogen) atoms. The molecule has 5 rings (SSSR count). The van der Waals surface area contributed by atoms with Crippen LogP contribution < -0.4 is 4.74 Å². The summed E-state index contributed by atoms with van der Waals surface area (Å²) in [6.07, 6.45) is 0.775. The Balaban J connectivity index is 1.99. The van der Waals surface area contributed by atoms with E-state index in [0.29, 0.717) is 38.9 Å². The first-order valence-electron chi connectivity index (χ1n) is 9.98. The summed E-state index contributed by atoms with van der Waals surface area (Å²) in [5.41, 5.74) is 3.42.